The molecule has 38 heavy (non-hydrogen) atoms. The molecule has 0 aliphatic carbocycles. The zero-order valence-corrected chi connectivity index (χ0v) is 21.4. The Morgan fingerprint density at radius 1 is 1.03 bits per heavy atom. The summed E-state index contributed by atoms with van der Waals surface area (Å²) in [4.78, 5) is 25.1. The molecule has 0 unspecified atom stereocenters. The van der Waals surface area contributed by atoms with Gasteiger partial charge in [0.25, 0.3) is 0 Å². The molecule has 5 N–H and O–H groups in total. The first-order valence-corrected chi connectivity index (χ1v) is 12.2. The van der Waals surface area contributed by atoms with Crippen molar-refractivity contribution in [2.75, 3.05) is 30.1 Å². The minimum atomic E-state index is -0.846. The highest BCUT2D eigenvalue weighted by Gasteiger charge is 2.28. The van der Waals surface area contributed by atoms with Gasteiger partial charge in [-0.3, -0.25) is 10.1 Å². The molecule has 9 heteroatoms. The van der Waals surface area contributed by atoms with Gasteiger partial charge in [-0.1, -0.05) is 42.5 Å². The lowest BCUT2D eigenvalue weighted by Crippen LogP contribution is -2.29. The number of carbonyl (C=O) groups is 2. The molecule has 0 saturated heterocycles. The highest BCUT2D eigenvalue weighted by atomic mass is 16.6. The molecule has 3 aromatic rings. The van der Waals surface area contributed by atoms with Gasteiger partial charge in [0.2, 0.25) is 5.91 Å². The number of amides is 2. The van der Waals surface area contributed by atoms with E-state index in [1.54, 1.807) is 66.7 Å². The highest BCUT2D eigenvalue weighted by Crippen LogP contribution is 2.34. The Morgan fingerprint density at radius 2 is 1.76 bits per heavy atom. The van der Waals surface area contributed by atoms with Crippen LogP contribution in [0.15, 0.2) is 84.9 Å². The summed E-state index contributed by atoms with van der Waals surface area (Å²) in [6, 6.07) is 20.7. The number of ether oxygens (including phenoxy) is 3. The van der Waals surface area contributed by atoms with E-state index in [-0.39, 0.29) is 11.7 Å². The van der Waals surface area contributed by atoms with Crippen LogP contribution in [0.3, 0.4) is 0 Å². The van der Waals surface area contributed by atoms with Crippen molar-refractivity contribution in [3.8, 4) is 11.5 Å². The molecule has 0 aliphatic rings. The van der Waals surface area contributed by atoms with Crippen LogP contribution in [0.4, 0.5) is 21.9 Å². The van der Waals surface area contributed by atoms with E-state index in [2.05, 4.69) is 10.6 Å². The number of carbonyl (C=O) groups excluding carboxylic acids is 2. The Balaban J connectivity index is 1.73. The summed E-state index contributed by atoms with van der Waals surface area (Å²) in [5.74, 6) is -0.109. The lowest BCUT2D eigenvalue weighted by Gasteiger charge is -2.27. The lowest BCUT2D eigenvalue weighted by molar-refractivity contribution is -0.111. The number of aromatic hydroxyl groups is 1. The number of anilines is 3. The summed E-state index contributed by atoms with van der Waals surface area (Å²) in [5, 5.41) is 15.8. The number of para-hydroxylation sites is 3. The largest absolute Gasteiger partial charge is 0.504 e. The van der Waals surface area contributed by atoms with Crippen LogP contribution in [-0.4, -0.2) is 36.9 Å². The van der Waals surface area contributed by atoms with Gasteiger partial charge < -0.3 is 30.4 Å². The van der Waals surface area contributed by atoms with Gasteiger partial charge >= 0.3 is 6.09 Å². The quantitative estimate of drug-likeness (QED) is 0.179. The Morgan fingerprint density at radius 3 is 2.45 bits per heavy atom. The van der Waals surface area contributed by atoms with Gasteiger partial charge in [-0.25, -0.2) is 4.79 Å². The third-order valence-electron chi connectivity index (χ3n) is 5.61. The van der Waals surface area contributed by atoms with Crippen molar-refractivity contribution in [1.82, 2.24) is 0 Å². The summed E-state index contributed by atoms with van der Waals surface area (Å²) in [6.45, 7) is 2.21. The molecule has 0 aromatic heterocycles. The third kappa shape index (κ3) is 8.28. The zero-order chi connectivity index (χ0) is 27.3. The minimum absolute atomic E-state index is 0.0888. The molecular formula is C29H33N3O6. The Bertz CT molecular complexity index is 1230. The van der Waals surface area contributed by atoms with E-state index < -0.39 is 18.3 Å². The van der Waals surface area contributed by atoms with Crippen molar-refractivity contribution in [2.45, 2.75) is 32.0 Å². The van der Waals surface area contributed by atoms with Crippen LogP contribution in [0, 0.1) is 0 Å². The van der Waals surface area contributed by atoms with Gasteiger partial charge in [0.1, 0.15) is 0 Å². The van der Waals surface area contributed by atoms with E-state index in [0.29, 0.717) is 47.8 Å². The Kier molecular flexibility index (Phi) is 10.6. The zero-order valence-electron chi connectivity index (χ0n) is 21.4. The maximum Gasteiger partial charge on any atom is 0.412 e. The summed E-state index contributed by atoms with van der Waals surface area (Å²) >= 11 is 0. The number of nitrogens with two attached hydrogens (primary N) is 1. The normalized spacial score (nSPS) is 12.5. The second-order valence-corrected chi connectivity index (χ2v) is 8.30. The number of hydrogen-bond donors (Lipinski definition) is 4. The first kappa shape index (κ1) is 28.1. The summed E-state index contributed by atoms with van der Waals surface area (Å²) in [7, 11) is 1.45. The maximum absolute atomic E-state index is 12.8. The monoisotopic (exact) mass is 519 g/mol. The minimum Gasteiger partial charge on any atom is -0.504 e. The van der Waals surface area contributed by atoms with Crippen LogP contribution >= 0.6 is 0 Å². The maximum atomic E-state index is 12.8. The van der Waals surface area contributed by atoms with Crippen LogP contribution in [0.2, 0.25) is 0 Å². The second-order valence-electron chi connectivity index (χ2n) is 8.30. The summed E-state index contributed by atoms with van der Waals surface area (Å²) in [5.41, 5.74) is 8.00. The molecule has 0 aliphatic heterocycles. The van der Waals surface area contributed by atoms with E-state index in [1.807, 2.05) is 13.0 Å². The van der Waals surface area contributed by atoms with Gasteiger partial charge in [-0.05, 0) is 67.8 Å². The fourth-order valence-corrected chi connectivity index (χ4v) is 3.80. The number of nitrogens with one attached hydrogen (secondary N) is 2. The van der Waals surface area contributed by atoms with Gasteiger partial charge in [-0.2, -0.15) is 0 Å². The Labute approximate surface area is 222 Å². The number of nitrogen functional groups attached to an aromatic ring is 1. The molecule has 3 rings (SSSR count). The van der Waals surface area contributed by atoms with E-state index in [0.717, 1.165) is 0 Å². The molecule has 200 valence electrons. The van der Waals surface area contributed by atoms with Crippen molar-refractivity contribution in [3.05, 3.63) is 90.5 Å². The van der Waals surface area contributed by atoms with E-state index in [9.17, 15) is 14.7 Å². The smallest absolute Gasteiger partial charge is 0.412 e. The highest BCUT2D eigenvalue weighted by molar-refractivity contribution is 6.01. The van der Waals surface area contributed by atoms with Gasteiger partial charge in [0.15, 0.2) is 17.6 Å². The lowest BCUT2D eigenvalue weighted by atomic mass is 9.99. The van der Waals surface area contributed by atoms with Gasteiger partial charge in [-0.15, -0.1) is 0 Å². The van der Waals surface area contributed by atoms with Crippen LogP contribution in [0.25, 0.3) is 0 Å². The van der Waals surface area contributed by atoms with E-state index >= 15 is 0 Å². The average molecular weight is 520 g/mol. The number of methoxy groups -OCH3 is 1. The molecule has 9 nitrogen and oxygen atoms in total. The van der Waals surface area contributed by atoms with Crippen molar-refractivity contribution in [2.24, 2.45) is 0 Å². The van der Waals surface area contributed by atoms with Crippen molar-refractivity contribution in [1.29, 1.82) is 0 Å². The van der Waals surface area contributed by atoms with Crippen LogP contribution < -0.4 is 21.1 Å². The van der Waals surface area contributed by atoms with E-state index in [1.165, 1.54) is 19.3 Å². The molecule has 0 heterocycles. The molecular weight excluding hydrogens is 486 g/mol. The number of phenols is 1. The van der Waals surface area contributed by atoms with Crippen LogP contribution in [0.5, 0.6) is 11.5 Å². The third-order valence-corrected chi connectivity index (χ3v) is 5.61. The number of benzene rings is 3. The second kappa shape index (κ2) is 14.3. The number of allylic oxidation sites excluding steroid dienone is 1. The molecule has 0 saturated carbocycles. The molecule has 0 bridgehead atoms. The van der Waals surface area contributed by atoms with Crippen molar-refractivity contribution < 1.29 is 28.9 Å². The number of hydrogen-bond acceptors (Lipinski definition) is 7. The predicted octanol–water partition coefficient (Wildman–Crippen LogP) is 5.65. The van der Waals surface area contributed by atoms with Gasteiger partial charge in [0.05, 0.1) is 24.6 Å². The van der Waals surface area contributed by atoms with Crippen LogP contribution in [0.1, 0.15) is 31.4 Å². The van der Waals surface area contributed by atoms with Crippen molar-refractivity contribution >= 4 is 29.1 Å². The molecule has 0 radical (unpaired) electrons. The first-order chi connectivity index (χ1) is 18.4. The SMILES string of the molecule is CCO[C@@H](CC/C=C/C(=O)Nc1ccccc1N)[C@@H](OC(=O)Nc1ccccc1)c1ccc(OC)c(O)c1. The molecule has 3 aromatic carbocycles. The van der Waals surface area contributed by atoms with E-state index in [4.69, 9.17) is 19.9 Å². The topological polar surface area (TPSA) is 132 Å². The van der Waals surface area contributed by atoms with Crippen LogP contribution in [-0.2, 0) is 14.3 Å². The molecule has 0 spiro atoms. The first-order valence-electron chi connectivity index (χ1n) is 12.2. The fourth-order valence-electron chi connectivity index (χ4n) is 3.80. The summed E-state index contributed by atoms with van der Waals surface area (Å²) in [6.07, 6.45) is 1.95. The number of rotatable bonds is 12. The summed E-state index contributed by atoms with van der Waals surface area (Å²) < 4.78 is 16.9. The molecule has 0 fully saturated rings. The Hall–Kier alpha value is -4.50. The molecule has 2 amide bonds. The predicted molar refractivity (Wildman–Crippen MR) is 147 cm³/mol. The average Bonchev–Trinajstić information content (AvgIpc) is 2.91. The van der Waals surface area contributed by atoms with Gasteiger partial charge in [0, 0.05) is 12.3 Å². The molecule has 2 atom stereocenters. The fraction of sp³-hybridized carbons (Fsp3) is 0.241. The van der Waals surface area contributed by atoms with Crippen molar-refractivity contribution in [3.63, 3.8) is 0 Å². The number of phenolic OH excluding ortho intramolecular Hbond substituents is 1. The standard InChI is InChI=1S/C29H33N3O6/c1-3-37-26(15-9-10-16-27(34)32-23-14-8-7-13-22(23)30)28(20-17-18-25(36-2)24(33)19-20)38-29(35)31-21-11-5-4-6-12-21/h4-8,10-14,16-19,26,28,33H,3,9,15,30H2,1-2H3,(H,31,35)(H,32,34)/b16-10+/t26-,28-/m0/s1.